The third-order valence-corrected chi connectivity index (χ3v) is 4.92. The average Bonchev–Trinajstić information content (AvgIpc) is 2.86. The van der Waals surface area contributed by atoms with E-state index in [9.17, 15) is 4.79 Å². The van der Waals surface area contributed by atoms with E-state index in [0.29, 0.717) is 13.0 Å². The number of carbonyl (C=O) groups excluding carboxylic acids is 1. The summed E-state index contributed by atoms with van der Waals surface area (Å²) in [6.07, 6.45) is 3.81. The monoisotopic (exact) mass is 306 g/mol. The van der Waals surface area contributed by atoms with Crippen molar-refractivity contribution in [3.8, 4) is 11.8 Å². The van der Waals surface area contributed by atoms with Gasteiger partial charge in [0.25, 0.3) is 5.91 Å². The molecule has 5 heteroatoms. The van der Waals surface area contributed by atoms with Crippen LogP contribution < -0.4 is 5.73 Å². The van der Waals surface area contributed by atoms with Gasteiger partial charge in [0, 0.05) is 19.2 Å². The molecular formula is C16H22N2O2S. The molecule has 0 aliphatic carbocycles. The quantitative estimate of drug-likeness (QED) is 0.836. The van der Waals surface area contributed by atoms with E-state index in [1.807, 2.05) is 17.9 Å². The molecule has 1 atom stereocenters. The van der Waals surface area contributed by atoms with Gasteiger partial charge >= 0.3 is 0 Å². The molecule has 0 radical (unpaired) electrons. The smallest absolute Gasteiger partial charge is 0.264 e. The molecule has 1 aliphatic rings. The first kappa shape index (κ1) is 16.0. The summed E-state index contributed by atoms with van der Waals surface area (Å²) in [5, 5.41) is 9.17. The van der Waals surface area contributed by atoms with Crippen LogP contribution >= 0.6 is 11.3 Å². The standard InChI is InChI=1S/C16H22N2O2S/c1-12-11-15(21-14(12)6-4-8-17)16(20)18-9-3-2-5-13(18)7-10-19/h11,13,19H,2-3,5,7-10,17H2,1H3. The zero-order valence-electron chi connectivity index (χ0n) is 12.4. The van der Waals surface area contributed by atoms with Crippen LogP contribution in [0.5, 0.6) is 0 Å². The maximum atomic E-state index is 12.7. The van der Waals surface area contributed by atoms with Crippen molar-refractivity contribution in [2.75, 3.05) is 19.7 Å². The van der Waals surface area contributed by atoms with Crippen molar-refractivity contribution in [1.29, 1.82) is 0 Å². The van der Waals surface area contributed by atoms with E-state index in [2.05, 4.69) is 11.8 Å². The summed E-state index contributed by atoms with van der Waals surface area (Å²) >= 11 is 1.44. The lowest BCUT2D eigenvalue weighted by Crippen LogP contribution is -2.43. The Morgan fingerprint density at radius 1 is 1.57 bits per heavy atom. The van der Waals surface area contributed by atoms with Gasteiger partial charge in [-0.3, -0.25) is 4.79 Å². The van der Waals surface area contributed by atoms with Gasteiger partial charge in [-0.25, -0.2) is 0 Å². The number of carbonyl (C=O) groups is 1. The number of piperidine rings is 1. The van der Waals surface area contributed by atoms with Crippen molar-refractivity contribution in [1.82, 2.24) is 4.90 Å². The van der Waals surface area contributed by atoms with Gasteiger partial charge in [0.1, 0.15) is 0 Å². The molecule has 0 saturated carbocycles. The van der Waals surface area contributed by atoms with E-state index in [1.165, 1.54) is 11.3 Å². The Hall–Kier alpha value is -1.35. The Kier molecular flexibility index (Phi) is 5.80. The molecule has 0 bridgehead atoms. The minimum absolute atomic E-state index is 0.0713. The molecule has 114 valence electrons. The van der Waals surface area contributed by atoms with Crippen molar-refractivity contribution in [2.45, 2.75) is 38.6 Å². The van der Waals surface area contributed by atoms with E-state index >= 15 is 0 Å². The van der Waals surface area contributed by atoms with Crippen molar-refractivity contribution in [3.63, 3.8) is 0 Å². The van der Waals surface area contributed by atoms with Crippen LogP contribution in [0.3, 0.4) is 0 Å². The lowest BCUT2D eigenvalue weighted by molar-refractivity contribution is 0.0579. The summed E-state index contributed by atoms with van der Waals surface area (Å²) in [5.41, 5.74) is 6.42. The maximum absolute atomic E-state index is 12.7. The minimum atomic E-state index is 0.0713. The number of rotatable bonds is 3. The number of likely N-dealkylation sites (tertiary alicyclic amines) is 1. The van der Waals surface area contributed by atoms with Gasteiger partial charge < -0.3 is 15.7 Å². The summed E-state index contributed by atoms with van der Waals surface area (Å²) in [5.74, 6) is 5.93. The molecule has 1 amide bonds. The van der Waals surface area contributed by atoms with Crippen LogP contribution in [0.4, 0.5) is 0 Å². The first-order chi connectivity index (χ1) is 10.2. The van der Waals surface area contributed by atoms with Crippen LogP contribution in [-0.2, 0) is 0 Å². The van der Waals surface area contributed by atoms with Crippen LogP contribution in [0, 0.1) is 18.8 Å². The molecule has 2 heterocycles. The molecule has 21 heavy (non-hydrogen) atoms. The first-order valence-corrected chi connectivity index (χ1v) is 8.20. The van der Waals surface area contributed by atoms with E-state index < -0.39 is 0 Å². The predicted octanol–water partition coefficient (Wildman–Crippen LogP) is 1.74. The van der Waals surface area contributed by atoms with Crippen molar-refractivity contribution < 1.29 is 9.90 Å². The lowest BCUT2D eigenvalue weighted by Gasteiger charge is -2.35. The number of hydrogen-bond donors (Lipinski definition) is 2. The highest BCUT2D eigenvalue weighted by atomic mass is 32.1. The molecule has 1 aliphatic heterocycles. The second-order valence-corrected chi connectivity index (χ2v) is 6.34. The number of nitrogens with two attached hydrogens (primary N) is 1. The molecular weight excluding hydrogens is 284 g/mol. The summed E-state index contributed by atoms with van der Waals surface area (Å²) in [6, 6.07) is 2.08. The number of nitrogens with zero attached hydrogens (tertiary/aromatic N) is 1. The predicted molar refractivity (Wildman–Crippen MR) is 85.4 cm³/mol. The zero-order valence-corrected chi connectivity index (χ0v) is 13.2. The summed E-state index contributed by atoms with van der Waals surface area (Å²) in [4.78, 5) is 16.3. The normalized spacial score (nSPS) is 18.2. The van der Waals surface area contributed by atoms with E-state index in [1.54, 1.807) is 0 Å². The van der Waals surface area contributed by atoms with Crippen molar-refractivity contribution >= 4 is 17.2 Å². The number of thiophene rings is 1. The fraction of sp³-hybridized carbons (Fsp3) is 0.562. The first-order valence-electron chi connectivity index (χ1n) is 7.38. The average molecular weight is 306 g/mol. The number of amides is 1. The minimum Gasteiger partial charge on any atom is -0.396 e. The molecule has 1 unspecified atom stereocenters. The van der Waals surface area contributed by atoms with Crippen molar-refractivity contribution in [2.24, 2.45) is 5.73 Å². The maximum Gasteiger partial charge on any atom is 0.264 e. The summed E-state index contributed by atoms with van der Waals surface area (Å²) in [7, 11) is 0. The number of aliphatic hydroxyl groups excluding tert-OH is 1. The molecule has 1 aromatic rings. The molecule has 0 spiro atoms. The molecule has 3 N–H and O–H groups in total. The molecule has 1 fully saturated rings. The molecule has 1 saturated heterocycles. The SMILES string of the molecule is Cc1cc(C(=O)N2CCCCC2CCO)sc1C#CCN. The van der Waals surface area contributed by atoms with Gasteiger partial charge in [-0.15, -0.1) is 11.3 Å². The molecule has 4 nitrogen and oxygen atoms in total. The van der Waals surface area contributed by atoms with Gasteiger partial charge in [-0.2, -0.15) is 0 Å². The van der Waals surface area contributed by atoms with Gasteiger partial charge in [-0.1, -0.05) is 11.8 Å². The number of hydrogen-bond acceptors (Lipinski definition) is 4. The molecule has 1 aromatic heterocycles. The zero-order chi connectivity index (χ0) is 15.2. The Bertz CT molecular complexity index is 554. The second-order valence-electron chi connectivity index (χ2n) is 5.29. The third-order valence-electron chi connectivity index (χ3n) is 3.78. The van der Waals surface area contributed by atoms with E-state index in [4.69, 9.17) is 10.8 Å². The molecule has 0 aromatic carbocycles. The summed E-state index contributed by atoms with van der Waals surface area (Å²) in [6.45, 7) is 3.20. The highest BCUT2D eigenvalue weighted by Gasteiger charge is 2.28. The van der Waals surface area contributed by atoms with Crippen LogP contribution in [0.25, 0.3) is 0 Å². The van der Waals surface area contributed by atoms with E-state index in [0.717, 1.165) is 41.1 Å². The second kappa shape index (κ2) is 7.60. The molecule has 2 rings (SSSR count). The number of aliphatic hydroxyl groups is 1. The Labute approximate surface area is 129 Å². The van der Waals surface area contributed by atoms with Crippen LogP contribution in [-0.4, -0.2) is 41.7 Å². The highest BCUT2D eigenvalue weighted by Crippen LogP contribution is 2.26. The highest BCUT2D eigenvalue weighted by molar-refractivity contribution is 7.14. The van der Waals surface area contributed by atoms with E-state index in [-0.39, 0.29) is 18.6 Å². The fourth-order valence-corrected chi connectivity index (χ4v) is 3.70. The van der Waals surface area contributed by atoms with Gasteiger partial charge in [0.2, 0.25) is 0 Å². The van der Waals surface area contributed by atoms with Gasteiger partial charge in [0.05, 0.1) is 16.3 Å². The Morgan fingerprint density at radius 2 is 2.38 bits per heavy atom. The van der Waals surface area contributed by atoms with Crippen molar-refractivity contribution in [3.05, 3.63) is 21.4 Å². The largest absolute Gasteiger partial charge is 0.396 e. The topological polar surface area (TPSA) is 66.6 Å². The summed E-state index contributed by atoms with van der Waals surface area (Å²) < 4.78 is 0. The Morgan fingerprint density at radius 3 is 3.10 bits per heavy atom. The Balaban J connectivity index is 2.18. The fourth-order valence-electron chi connectivity index (χ4n) is 2.70. The van der Waals surface area contributed by atoms with Gasteiger partial charge in [-0.05, 0) is 44.2 Å². The van der Waals surface area contributed by atoms with Crippen LogP contribution in [0.15, 0.2) is 6.07 Å². The lowest BCUT2D eigenvalue weighted by atomic mass is 9.99. The van der Waals surface area contributed by atoms with Gasteiger partial charge in [0.15, 0.2) is 0 Å². The number of aryl methyl sites for hydroxylation is 1. The third kappa shape index (κ3) is 3.85. The van der Waals surface area contributed by atoms with Crippen LogP contribution in [0.2, 0.25) is 0 Å². The van der Waals surface area contributed by atoms with Crippen LogP contribution in [0.1, 0.15) is 45.8 Å².